The lowest BCUT2D eigenvalue weighted by atomic mass is 9.87. The molecule has 3 nitrogen and oxygen atoms in total. The highest BCUT2D eigenvalue weighted by Crippen LogP contribution is 2.20. The minimum Gasteiger partial charge on any atom is -0.353 e. The molecular formula is C13H28N2O. The first-order chi connectivity index (χ1) is 7.28. The number of hydrogen-bond donors (Lipinski definition) is 2. The summed E-state index contributed by atoms with van der Waals surface area (Å²) >= 11 is 0. The van der Waals surface area contributed by atoms with Gasteiger partial charge in [0.15, 0.2) is 0 Å². The Morgan fingerprint density at radius 2 is 1.75 bits per heavy atom. The van der Waals surface area contributed by atoms with Crippen molar-refractivity contribution < 1.29 is 4.79 Å². The average molecular weight is 228 g/mol. The standard InChI is InChI=1S/C13H28N2O/c1-6-11(7-2)15-12(16)8-10(14)9-13(3,4)5/h10-11H,6-9,14H2,1-5H3,(H,15,16). The van der Waals surface area contributed by atoms with Gasteiger partial charge in [0.25, 0.3) is 0 Å². The molecule has 0 saturated heterocycles. The molecule has 0 aromatic heterocycles. The van der Waals surface area contributed by atoms with Gasteiger partial charge in [-0.3, -0.25) is 4.79 Å². The zero-order chi connectivity index (χ0) is 12.8. The molecule has 0 aromatic rings. The van der Waals surface area contributed by atoms with Crippen LogP contribution in [0, 0.1) is 5.41 Å². The van der Waals surface area contributed by atoms with Gasteiger partial charge in [-0.05, 0) is 24.7 Å². The van der Waals surface area contributed by atoms with Gasteiger partial charge in [0, 0.05) is 18.5 Å². The highest BCUT2D eigenvalue weighted by Gasteiger charge is 2.18. The van der Waals surface area contributed by atoms with E-state index in [2.05, 4.69) is 39.9 Å². The number of carbonyl (C=O) groups excluding carboxylic acids is 1. The van der Waals surface area contributed by atoms with Crippen LogP contribution in [0.1, 0.15) is 60.3 Å². The molecule has 3 heteroatoms. The fourth-order valence-electron chi connectivity index (χ4n) is 1.88. The summed E-state index contributed by atoms with van der Waals surface area (Å²) in [5.74, 6) is 0.0884. The second-order valence-corrected chi connectivity index (χ2v) is 5.81. The molecule has 96 valence electrons. The minimum atomic E-state index is -0.0330. The number of amides is 1. The Bertz CT molecular complexity index is 204. The molecule has 0 aromatic carbocycles. The number of rotatable bonds is 6. The minimum absolute atomic E-state index is 0.0330. The van der Waals surface area contributed by atoms with Crippen molar-refractivity contribution >= 4 is 5.91 Å². The fourth-order valence-corrected chi connectivity index (χ4v) is 1.88. The quantitative estimate of drug-likeness (QED) is 0.733. The number of carbonyl (C=O) groups is 1. The molecule has 0 aliphatic carbocycles. The van der Waals surface area contributed by atoms with Crippen molar-refractivity contribution in [2.24, 2.45) is 11.1 Å². The summed E-state index contributed by atoms with van der Waals surface area (Å²) in [5, 5.41) is 3.01. The van der Waals surface area contributed by atoms with E-state index in [0.717, 1.165) is 19.3 Å². The molecule has 0 spiro atoms. The summed E-state index contributed by atoms with van der Waals surface area (Å²) in [6.07, 6.45) is 3.28. The Labute approximate surface area is 100 Å². The van der Waals surface area contributed by atoms with Crippen molar-refractivity contribution in [2.45, 2.75) is 72.4 Å². The first-order valence-electron chi connectivity index (χ1n) is 6.33. The summed E-state index contributed by atoms with van der Waals surface area (Å²) in [6.45, 7) is 10.6. The molecule has 0 heterocycles. The van der Waals surface area contributed by atoms with Gasteiger partial charge >= 0.3 is 0 Å². The maximum atomic E-state index is 11.7. The van der Waals surface area contributed by atoms with E-state index in [1.165, 1.54) is 0 Å². The predicted molar refractivity (Wildman–Crippen MR) is 69.2 cm³/mol. The van der Waals surface area contributed by atoms with Crippen LogP contribution in [0.5, 0.6) is 0 Å². The van der Waals surface area contributed by atoms with Gasteiger partial charge in [0.2, 0.25) is 5.91 Å². The van der Waals surface area contributed by atoms with E-state index in [1.807, 2.05) is 0 Å². The normalized spacial score (nSPS) is 13.9. The molecule has 1 amide bonds. The number of hydrogen-bond acceptors (Lipinski definition) is 2. The van der Waals surface area contributed by atoms with Crippen LogP contribution < -0.4 is 11.1 Å². The highest BCUT2D eigenvalue weighted by atomic mass is 16.1. The van der Waals surface area contributed by atoms with Crippen molar-refractivity contribution in [3.05, 3.63) is 0 Å². The molecule has 0 aliphatic heterocycles. The lowest BCUT2D eigenvalue weighted by Crippen LogP contribution is -2.38. The Kier molecular flexibility index (Phi) is 6.65. The molecule has 0 bridgehead atoms. The molecule has 0 saturated carbocycles. The van der Waals surface area contributed by atoms with Crippen LogP contribution in [0.4, 0.5) is 0 Å². The van der Waals surface area contributed by atoms with Gasteiger partial charge in [-0.2, -0.15) is 0 Å². The third-order valence-electron chi connectivity index (χ3n) is 2.67. The molecule has 0 rings (SSSR count). The Morgan fingerprint density at radius 1 is 1.25 bits per heavy atom. The first-order valence-corrected chi connectivity index (χ1v) is 6.33. The van der Waals surface area contributed by atoms with E-state index in [-0.39, 0.29) is 17.4 Å². The first kappa shape index (κ1) is 15.4. The van der Waals surface area contributed by atoms with Gasteiger partial charge in [-0.25, -0.2) is 0 Å². The van der Waals surface area contributed by atoms with Gasteiger partial charge in [0.05, 0.1) is 0 Å². The number of nitrogens with two attached hydrogens (primary N) is 1. The maximum Gasteiger partial charge on any atom is 0.221 e. The van der Waals surface area contributed by atoms with Gasteiger partial charge in [0.1, 0.15) is 0 Å². The summed E-state index contributed by atoms with van der Waals surface area (Å²) in [6, 6.07) is 0.267. The van der Waals surface area contributed by atoms with Crippen LogP contribution in [-0.4, -0.2) is 18.0 Å². The van der Waals surface area contributed by atoms with E-state index in [0.29, 0.717) is 12.5 Å². The van der Waals surface area contributed by atoms with Crippen LogP contribution in [0.3, 0.4) is 0 Å². The van der Waals surface area contributed by atoms with E-state index in [9.17, 15) is 4.79 Å². The molecule has 3 N–H and O–H groups in total. The van der Waals surface area contributed by atoms with Crippen LogP contribution in [0.15, 0.2) is 0 Å². The van der Waals surface area contributed by atoms with Crippen molar-refractivity contribution in [2.75, 3.05) is 0 Å². The van der Waals surface area contributed by atoms with E-state index in [4.69, 9.17) is 5.73 Å². The fraction of sp³-hybridized carbons (Fsp3) is 0.923. The van der Waals surface area contributed by atoms with Gasteiger partial charge in [-0.1, -0.05) is 34.6 Å². The zero-order valence-electron chi connectivity index (χ0n) is 11.5. The summed E-state index contributed by atoms with van der Waals surface area (Å²) in [7, 11) is 0. The molecule has 0 aliphatic rings. The third-order valence-corrected chi connectivity index (χ3v) is 2.67. The lowest BCUT2D eigenvalue weighted by Gasteiger charge is -2.23. The smallest absolute Gasteiger partial charge is 0.221 e. The van der Waals surface area contributed by atoms with Crippen molar-refractivity contribution in [3.63, 3.8) is 0 Å². The Morgan fingerprint density at radius 3 is 2.12 bits per heavy atom. The van der Waals surface area contributed by atoms with Crippen molar-refractivity contribution in [1.82, 2.24) is 5.32 Å². The average Bonchev–Trinajstić information content (AvgIpc) is 2.10. The molecule has 0 fully saturated rings. The van der Waals surface area contributed by atoms with Crippen LogP contribution in [0.25, 0.3) is 0 Å². The summed E-state index contributed by atoms with van der Waals surface area (Å²) in [5.41, 5.74) is 6.15. The summed E-state index contributed by atoms with van der Waals surface area (Å²) < 4.78 is 0. The lowest BCUT2D eigenvalue weighted by molar-refractivity contribution is -0.122. The largest absolute Gasteiger partial charge is 0.353 e. The molecule has 1 atom stereocenters. The molecular weight excluding hydrogens is 200 g/mol. The van der Waals surface area contributed by atoms with E-state index < -0.39 is 0 Å². The predicted octanol–water partition coefficient (Wildman–Crippen LogP) is 2.44. The van der Waals surface area contributed by atoms with Crippen molar-refractivity contribution in [1.29, 1.82) is 0 Å². The zero-order valence-corrected chi connectivity index (χ0v) is 11.5. The monoisotopic (exact) mass is 228 g/mol. The highest BCUT2D eigenvalue weighted by molar-refractivity contribution is 5.76. The van der Waals surface area contributed by atoms with E-state index in [1.54, 1.807) is 0 Å². The van der Waals surface area contributed by atoms with Crippen LogP contribution >= 0.6 is 0 Å². The van der Waals surface area contributed by atoms with Crippen LogP contribution in [0.2, 0.25) is 0 Å². The molecule has 16 heavy (non-hydrogen) atoms. The Hall–Kier alpha value is -0.570. The second-order valence-electron chi connectivity index (χ2n) is 5.81. The number of nitrogens with one attached hydrogen (secondary N) is 1. The molecule has 1 unspecified atom stereocenters. The molecule has 0 radical (unpaired) electrons. The van der Waals surface area contributed by atoms with Gasteiger partial charge < -0.3 is 11.1 Å². The SMILES string of the molecule is CCC(CC)NC(=O)CC(N)CC(C)(C)C. The van der Waals surface area contributed by atoms with Crippen LogP contribution in [-0.2, 0) is 4.79 Å². The topological polar surface area (TPSA) is 55.1 Å². The summed E-state index contributed by atoms with van der Waals surface area (Å²) in [4.78, 5) is 11.7. The Balaban J connectivity index is 3.95. The van der Waals surface area contributed by atoms with E-state index >= 15 is 0 Å². The van der Waals surface area contributed by atoms with Gasteiger partial charge in [-0.15, -0.1) is 0 Å². The second kappa shape index (κ2) is 6.89. The van der Waals surface area contributed by atoms with Crippen molar-refractivity contribution in [3.8, 4) is 0 Å². The third kappa shape index (κ3) is 7.69. The maximum absolute atomic E-state index is 11.7.